The van der Waals surface area contributed by atoms with Gasteiger partial charge in [-0.2, -0.15) is 4.31 Å². The van der Waals surface area contributed by atoms with E-state index in [1.807, 2.05) is 19.9 Å². The van der Waals surface area contributed by atoms with E-state index < -0.39 is 16.0 Å². The summed E-state index contributed by atoms with van der Waals surface area (Å²) in [5.41, 5.74) is 1.87. The first-order valence-electron chi connectivity index (χ1n) is 9.93. The first-order chi connectivity index (χ1) is 14.5. The molecular weight excluding hydrogens is 460 g/mol. The van der Waals surface area contributed by atoms with Crippen LogP contribution in [0.3, 0.4) is 0 Å². The van der Waals surface area contributed by atoms with Crippen LogP contribution in [0.15, 0.2) is 22.4 Å². The number of esters is 1. The molecule has 0 bridgehead atoms. The van der Waals surface area contributed by atoms with Gasteiger partial charge in [0, 0.05) is 38.1 Å². The van der Waals surface area contributed by atoms with E-state index >= 15 is 0 Å². The Hall–Kier alpha value is -1.65. The van der Waals surface area contributed by atoms with Crippen molar-refractivity contribution in [2.24, 2.45) is 5.92 Å². The molecule has 0 amide bonds. The van der Waals surface area contributed by atoms with Gasteiger partial charge < -0.3 is 9.84 Å². The zero-order chi connectivity index (χ0) is 22.9. The number of hydrogen-bond acceptors (Lipinski definition) is 7. The van der Waals surface area contributed by atoms with Crippen LogP contribution in [-0.2, 0) is 34.3 Å². The second-order valence-electron chi connectivity index (χ2n) is 8.08. The van der Waals surface area contributed by atoms with Gasteiger partial charge in [-0.15, -0.1) is 11.3 Å². The standard InChI is InChI=1S/C21H27ClN2O5S2/c1-13(2)10-23(3)31(27,28)21-19(20(26)29-4)15-7-8-24(12-18(15)30-21)11-14-5-6-17(25)16(22)9-14/h5-6,9,13,25H,7-8,10-12H2,1-4H3. The van der Waals surface area contributed by atoms with Gasteiger partial charge in [0.15, 0.2) is 0 Å². The number of halogens is 1. The highest BCUT2D eigenvalue weighted by molar-refractivity contribution is 7.91. The van der Waals surface area contributed by atoms with Gasteiger partial charge in [0.25, 0.3) is 10.0 Å². The molecule has 170 valence electrons. The lowest BCUT2D eigenvalue weighted by Crippen LogP contribution is -2.31. The fourth-order valence-corrected chi connectivity index (χ4v) is 7.37. The number of ether oxygens (including phenoxy) is 1. The molecule has 1 N–H and O–H groups in total. The third kappa shape index (κ3) is 5.06. The molecule has 7 nitrogen and oxygen atoms in total. The fraction of sp³-hybridized carbons (Fsp3) is 0.476. The Morgan fingerprint density at radius 1 is 1.39 bits per heavy atom. The van der Waals surface area contributed by atoms with E-state index in [1.54, 1.807) is 12.1 Å². The van der Waals surface area contributed by atoms with Crippen molar-refractivity contribution in [2.75, 3.05) is 27.2 Å². The van der Waals surface area contributed by atoms with Crippen molar-refractivity contribution in [2.45, 2.75) is 37.6 Å². The second-order valence-corrected chi connectivity index (χ2v) is 11.8. The largest absolute Gasteiger partial charge is 0.506 e. The molecule has 1 aromatic heterocycles. The number of fused-ring (bicyclic) bond motifs is 1. The third-order valence-electron chi connectivity index (χ3n) is 5.18. The summed E-state index contributed by atoms with van der Waals surface area (Å²) in [4.78, 5) is 15.6. The number of aromatic hydroxyl groups is 1. The quantitative estimate of drug-likeness (QED) is 0.600. The number of thiophene rings is 1. The number of benzene rings is 1. The van der Waals surface area contributed by atoms with E-state index in [0.29, 0.717) is 37.6 Å². The van der Waals surface area contributed by atoms with Gasteiger partial charge in [-0.25, -0.2) is 13.2 Å². The molecule has 1 aliphatic rings. The molecule has 0 atom stereocenters. The van der Waals surface area contributed by atoms with Gasteiger partial charge >= 0.3 is 5.97 Å². The van der Waals surface area contributed by atoms with Gasteiger partial charge in [0.1, 0.15) is 9.96 Å². The molecule has 2 heterocycles. The third-order valence-corrected chi connectivity index (χ3v) is 9.02. The summed E-state index contributed by atoms with van der Waals surface area (Å²) in [5, 5.41) is 9.91. The summed E-state index contributed by atoms with van der Waals surface area (Å²) in [6.45, 7) is 6.03. The maximum atomic E-state index is 13.2. The molecule has 0 aliphatic carbocycles. The Morgan fingerprint density at radius 2 is 2.10 bits per heavy atom. The molecule has 0 saturated carbocycles. The van der Waals surface area contributed by atoms with E-state index in [2.05, 4.69) is 4.90 Å². The Bertz CT molecular complexity index is 1080. The predicted octanol–water partition coefficient (Wildman–Crippen LogP) is 3.73. The number of phenolic OH excluding ortho intramolecular Hbond substituents is 1. The zero-order valence-corrected chi connectivity index (χ0v) is 20.4. The van der Waals surface area contributed by atoms with E-state index in [0.717, 1.165) is 27.3 Å². The highest BCUT2D eigenvalue weighted by Gasteiger charge is 2.36. The van der Waals surface area contributed by atoms with E-state index in [4.69, 9.17) is 16.3 Å². The van der Waals surface area contributed by atoms with Crippen molar-refractivity contribution >= 4 is 38.9 Å². The summed E-state index contributed by atoms with van der Waals surface area (Å²) in [6.07, 6.45) is 0.547. The number of nitrogens with zero attached hydrogens (tertiary/aromatic N) is 2. The van der Waals surface area contributed by atoms with Crippen molar-refractivity contribution in [3.8, 4) is 5.75 Å². The SMILES string of the molecule is COC(=O)c1c(S(=O)(=O)N(C)CC(C)C)sc2c1CCN(Cc1ccc(O)c(Cl)c1)C2. The molecule has 0 unspecified atom stereocenters. The molecule has 1 aromatic carbocycles. The average Bonchev–Trinajstić information content (AvgIpc) is 3.09. The van der Waals surface area contributed by atoms with Crippen LogP contribution < -0.4 is 0 Å². The van der Waals surface area contributed by atoms with E-state index in [9.17, 15) is 18.3 Å². The van der Waals surface area contributed by atoms with Gasteiger partial charge in [-0.3, -0.25) is 4.90 Å². The number of sulfonamides is 1. The molecule has 31 heavy (non-hydrogen) atoms. The lowest BCUT2D eigenvalue weighted by molar-refractivity contribution is 0.0595. The first-order valence-corrected chi connectivity index (χ1v) is 12.6. The number of carbonyl (C=O) groups is 1. The molecule has 3 rings (SSSR count). The maximum Gasteiger partial charge on any atom is 0.340 e. The molecule has 0 radical (unpaired) electrons. The summed E-state index contributed by atoms with van der Waals surface area (Å²) < 4.78 is 32.8. The zero-order valence-electron chi connectivity index (χ0n) is 18.0. The van der Waals surface area contributed by atoms with Crippen LogP contribution in [0.25, 0.3) is 0 Å². The predicted molar refractivity (Wildman–Crippen MR) is 121 cm³/mol. The number of methoxy groups -OCH3 is 1. The smallest absolute Gasteiger partial charge is 0.340 e. The first kappa shape index (κ1) is 24.0. The highest BCUT2D eigenvalue weighted by atomic mass is 35.5. The summed E-state index contributed by atoms with van der Waals surface area (Å²) in [6, 6.07) is 5.09. The van der Waals surface area contributed by atoms with Crippen molar-refractivity contribution in [3.63, 3.8) is 0 Å². The summed E-state index contributed by atoms with van der Waals surface area (Å²) in [7, 11) is -1.01. The molecule has 0 spiro atoms. The van der Waals surface area contributed by atoms with Gasteiger partial charge in [0.05, 0.1) is 17.7 Å². The summed E-state index contributed by atoms with van der Waals surface area (Å²) >= 11 is 7.16. The summed E-state index contributed by atoms with van der Waals surface area (Å²) in [5.74, 6) is -0.427. The number of phenols is 1. The molecule has 0 saturated heterocycles. The van der Waals surface area contributed by atoms with E-state index in [-0.39, 0.29) is 21.4 Å². The Balaban J connectivity index is 1.93. The molecule has 1 aliphatic heterocycles. The normalized spacial score (nSPS) is 14.8. The van der Waals surface area contributed by atoms with Crippen LogP contribution in [0.2, 0.25) is 5.02 Å². The van der Waals surface area contributed by atoms with Crippen LogP contribution >= 0.6 is 22.9 Å². The van der Waals surface area contributed by atoms with Crippen LogP contribution in [0.1, 0.15) is 40.2 Å². The van der Waals surface area contributed by atoms with E-state index in [1.165, 1.54) is 18.5 Å². The van der Waals surface area contributed by atoms with Gasteiger partial charge in [-0.1, -0.05) is 31.5 Å². The molecule has 10 heteroatoms. The second kappa shape index (κ2) is 9.46. The topological polar surface area (TPSA) is 87.2 Å². The minimum atomic E-state index is -3.81. The van der Waals surface area contributed by atoms with Crippen LogP contribution in [0.4, 0.5) is 0 Å². The van der Waals surface area contributed by atoms with Crippen molar-refractivity contribution < 1.29 is 23.1 Å². The van der Waals surface area contributed by atoms with Crippen molar-refractivity contribution in [3.05, 3.63) is 44.8 Å². The Kier molecular flexibility index (Phi) is 7.32. The molecule has 2 aromatic rings. The monoisotopic (exact) mass is 486 g/mol. The van der Waals surface area contributed by atoms with Gasteiger partial charge in [-0.05, 0) is 35.6 Å². The Morgan fingerprint density at radius 3 is 2.71 bits per heavy atom. The van der Waals surface area contributed by atoms with Crippen molar-refractivity contribution in [1.82, 2.24) is 9.21 Å². The molecule has 0 fully saturated rings. The number of hydrogen-bond donors (Lipinski definition) is 1. The molecular formula is C21H27ClN2O5S2. The lowest BCUT2D eigenvalue weighted by Gasteiger charge is -2.27. The Labute approximate surface area is 192 Å². The lowest BCUT2D eigenvalue weighted by atomic mass is 10.0. The fourth-order valence-electron chi connectivity index (χ4n) is 3.72. The number of rotatable bonds is 7. The minimum absolute atomic E-state index is 0.0349. The minimum Gasteiger partial charge on any atom is -0.506 e. The van der Waals surface area contributed by atoms with Gasteiger partial charge in [0.2, 0.25) is 0 Å². The van der Waals surface area contributed by atoms with Crippen LogP contribution in [0, 0.1) is 5.92 Å². The van der Waals surface area contributed by atoms with Crippen LogP contribution in [-0.4, -0.2) is 55.9 Å². The average molecular weight is 487 g/mol. The maximum absolute atomic E-state index is 13.2. The van der Waals surface area contributed by atoms with Crippen LogP contribution in [0.5, 0.6) is 5.75 Å². The van der Waals surface area contributed by atoms with Crippen molar-refractivity contribution in [1.29, 1.82) is 0 Å². The number of carbonyl (C=O) groups excluding carboxylic acids is 1. The highest BCUT2D eigenvalue weighted by Crippen LogP contribution is 2.38.